The van der Waals surface area contributed by atoms with Crippen molar-refractivity contribution in [3.63, 3.8) is 0 Å². The summed E-state index contributed by atoms with van der Waals surface area (Å²) in [5.41, 5.74) is 0.454. The van der Waals surface area contributed by atoms with Crippen molar-refractivity contribution in [3.05, 3.63) is 11.9 Å². The molecule has 0 spiro atoms. The van der Waals surface area contributed by atoms with Gasteiger partial charge < -0.3 is 9.64 Å². The van der Waals surface area contributed by atoms with Gasteiger partial charge in [-0.2, -0.15) is 0 Å². The minimum absolute atomic E-state index is 0.0206. The Hall–Kier alpha value is -1.43. The monoisotopic (exact) mass is 292 g/mol. The third-order valence-electron chi connectivity index (χ3n) is 5.06. The second-order valence-electron chi connectivity index (χ2n) is 6.27. The third-order valence-corrected chi connectivity index (χ3v) is 5.06. The number of rotatable bonds is 4. The number of hydrogen-bond acceptors (Lipinski definition) is 4. The van der Waals surface area contributed by atoms with Gasteiger partial charge in [-0.15, -0.1) is 5.10 Å². The summed E-state index contributed by atoms with van der Waals surface area (Å²) in [4.78, 5) is 14.3. The molecule has 1 aliphatic heterocycles. The minimum atomic E-state index is -0.0206. The molecule has 0 N–H and O–H groups in total. The zero-order valence-corrected chi connectivity index (χ0v) is 12.9. The molecule has 6 heteroatoms. The maximum Gasteiger partial charge on any atom is 0.276 e. The molecular formula is C15H24N4O2. The van der Waals surface area contributed by atoms with Crippen LogP contribution in [0.4, 0.5) is 0 Å². The highest BCUT2D eigenvalue weighted by Gasteiger charge is 2.30. The lowest BCUT2D eigenvalue weighted by molar-refractivity contribution is 0.0622. The lowest BCUT2D eigenvalue weighted by Crippen LogP contribution is -2.42. The molecule has 6 nitrogen and oxygen atoms in total. The Labute approximate surface area is 125 Å². The number of amides is 1. The van der Waals surface area contributed by atoms with Crippen molar-refractivity contribution < 1.29 is 9.53 Å². The van der Waals surface area contributed by atoms with Gasteiger partial charge in [0.2, 0.25) is 0 Å². The molecule has 1 amide bonds. The van der Waals surface area contributed by atoms with Gasteiger partial charge >= 0.3 is 0 Å². The van der Waals surface area contributed by atoms with Crippen LogP contribution in [0.1, 0.15) is 55.6 Å². The van der Waals surface area contributed by atoms with Gasteiger partial charge in [0.1, 0.15) is 0 Å². The molecule has 2 fully saturated rings. The molecule has 1 aromatic rings. The number of ether oxygens (including phenoxy) is 1. The average Bonchev–Trinajstić information content (AvgIpc) is 2.94. The average molecular weight is 292 g/mol. The van der Waals surface area contributed by atoms with Crippen LogP contribution in [0.15, 0.2) is 6.20 Å². The lowest BCUT2D eigenvalue weighted by Gasteiger charge is -2.36. The highest BCUT2D eigenvalue weighted by Crippen LogP contribution is 2.32. The number of carbonyl (C=O) groups excluding carboxylic acids is 1. The van der Waals surface area contributed by atoms with E-state index in [1.807, 2.05) is 16.6 Å². The summed E-state index contributed by atoms with van der Waals surface area (Å²) in [7, 11) is 1.87. The smallest absolute Gasteiger partial charge is 0.276 e. The van der Waals surface area contributed by atoms with Crippen LogP contribution in [0.5, 0.6) is 0 Å². The van der Waals surface area contributed by atoms with Crippen LogP contribution in [0.25, 0.3) is 0 Å². The number of carbonyl (C=O) groups is 1. The van der Waals surface area contributed by atoms with Crippen molar-refractivity contribution in [2.24, 2.45) is 5.92 Å². The van der Waals surface area contributed by atoms with E-state index in [-0.39, 0.29) is 11.9 Å². The van der Waals surface area contributed by atoms with E-state index in [2.05, 4.69) is 17.2 Å². The lowest BCUT2D eigenvalue weighted by atomic mass is 9.80. The van der Waals surface area contributed by atoms with Gasteiger partial charge in [-0.1, -0.05) is 11.6 Å². The first-order chi connectivity index (χ1) is 10.2. The second kappa shape index (κ2) is 6.13. The van der Waals surface area contributed by atoms with Gasteiger partial charge in [0.15, 0.2) is 5.69 Å². The first-order valence-corrected chi connectivity index (χ1v) is 7.93. The fourth-order valence-electron chi connectivity index (χ4n) is 3.11. The highest BCUT2D eigenvalue weighted by atomic mass is 16.5. The topological polar surface area (TPSA) is 60.2 Å². The maximum atomic E-state index is 12.5. The summed E-state index contributed by atoms with van der Waals surface area (Å²) in [5.74, 6) is 0.622. The van der Waals surface area contributed by atoms with Gasteiger partial charge in [0, 0.05) is 26.3 Å². The molecule has 3 rings (SSSR count). The van der Waals surface area contributed by atoms with E-state index in [9.17, 15) is 4.79 Å². The summed E-state index contributed by atoms with van der Waals surface area (Å²) in [6.07, 6.45) is 7.41. The summed E-state index contributed by atoms with van der Waals surface area (Å²) in [5, 5.41) is 8.22. The van der Waals surface area contributed by atoms with E-state index in [1.165, 1.54) is 19.3 Å². The van der Waals surface area contributed by atoms with E-state index >= 15 is 0 Å². The Morgan fingerprint density at radius 2 is 2.10 bits per heavy atom. The first kappa shape index (κ1) is 14.5. The maximum absolute atomic E-state index is 12.5. The Morgan fingerprint density at radius 1 is 1.38 bits per heavy atom. The minimum Gasteiger partial charge on any atom is -0.381 e. The Morgan fingerprint density at radius 3 is 2.71 bits per heavy atom. The van der Waals surface area contributed by atoms with E-state index in [0.29, 0.717) is 17.7 Å². The SMILES string of the molecule is CC(C1CCC1)N(C)C(=O)c1cn(C2CCOCC2)nn1. The molecule has 116 valence electrons. The standard InChI is InChI=1S/C15H24N4O2/c1-11(12-4-3-5-12)18(2)15(20)14-10-19(17-16-14)13-6-8-21-9-7-13/h10-13H,3-9H2,1-2H3. The first-order valence-electron chi connectivity index (χ1n) is 7.93. The molecule has 2 heterocycles. The van der Waals surface area contributed by atoms with Crippen LogP contribution >= 0.6 is 0 Å². The Balaban J connectivity index is 1.65. The molecule has 1 aliphatic carbocycles. The van der Waals surface area contributed by atoms with Gasteiger partial charge in [-0.3, -0.25) is 4.79 Å². The molecule has 1 atom stereocenters. The number of nitrogens with zero attached hydrogens (tertiary/aromatic N) is 4. The predicted molar refractivity (Wildman–Crippen MR) is 78.0 cm³/mol. The van der Waals surface area contributed by atoms with Crippen molar-refractivity contribution in [2.45, 2.75) is 51.1 Å². The van der Waals surface area contributed by atoms with Crippen LogP contribution in [-0.2, 0) is 4.74 Å². The molecule has 1 aromatic heterocycles. The molecule has 0 aromatic carbocycles. The van der Waals surface area contributed by atoms with Gasteiger partial charge in [0.25, 0.3) is 5.91 Å². The molecule has 0 radical (unpaired) electrons. The highest BCUT2D eigenvalue weighted by molar-refractivity contribution is 5.91. The van der Waals surface area contributed by atoms with E-state index < -0.39 is 0 Å². The Bertz CT molecular complexity index is 492. The molecule has 1 unspecified atom stereocenters. The number of aromatic nitrogens is 3. The summed E-state index contributed by atoms with van der Waals surface area (Å²) >= 11 is 0. The van der Waals surface area contributed by atoms with Crippen molar-refractivity contribution in [3.8, 4) is 0 Å². The van der Waals surface area contributed by atoms with Gasteiger partial charge in [0.05, 0.1) is 12.2 Å². The van der Waals surface area contributed by atoms with E-state index in [1.54, 1.807) is 6.20 Å². The fraction of sp³-hybridized carbons (Fsp3) is 0.800. The van der Waals surface area contributed by atoms with Gasteiger partial charge in [-0.05, 0) is 38.5 Å². The van der Waals surface area contributed by atoms with Crippen molar-refractivity contribution in [1.29, 1.82) is 0 Å². The molecule has 1 saturated heterocycles. The molecular weight excluding hydrogens is 268 g/mol. The van der Waals surface area contributed by atoms with Crippen LogP contribution in [0.2, 0.25) is 0 Å². The van der Waals surface area contributed by atoms with E-state index in [4.69, 9.17) is 4.74 Å². The second-order valence-corrected chi connectivity index (χ2v) is 6.27. The summed E-state index contributed by atoms with van der Waals surface area (Å²) in [6, 6.07) is 0.585. The van der Waals surface area contributed by atoms with Crippen molar-refractivity contribution >= 4 is 5.91 Å². The molecule has 2 aliphatic rings. The van der Waals surface area contributed by atoms with Crippen molar-refractivity contribution in [1.82, 2.24) is 19.9 Å². The van der Waals surface area contributed by atoms with E-state index in [0.717, 1.165) is 26.1 Å². The van der Waals surface area contributed by atoms with Crippen LogP contribution in [0, 0.1) is 5.92 Å². The number of hydrogen-bond donors (Lipinski definition) is 0. The third kappa shape index (κ3) is 2.95. The van der Waals surface area contributed by atoms with Gasteiger partial charge in [-0.25, -0.2) is 4.68 Å². The molecule has 1 saturated carbocycles. The molecule has 0 bridgehead atoms. The predicted octanol–water partition coefficient (Wildman–Crippen LogP) is 1.89. The van der Waals surface area contributed by atoms with Crippen molar-refractivity contribution in [2.75, 3.05) is 20.3 Å². The summed E-state index contributed by atoms with van der Waals surface area (Å²) in [6.45, 7) is 3.64. The fourth-order valence-corrected chi connectivity index (χ4v) is 3.11. The Kier molecular flexibility index (Phi) is 4.24. The quantitative estimate of drug-likeness (QED) is 0.850. The zero-order chi connectivity index (χ0) is 14.8. The van der Waals surface area contributed by atoms with Crippen LogP contribution < -0.4 is 0 Å². The normalized spacial score (nSPS) is 21.8. The van der Waals surface area contributed by atoms with Crippen LogP contribution in [0.3, 0.4) is 0 Å². The van der Waals surface area contributed by atoms with Crippen LogP contribution in [-0.4, -0.2) is 52.1 Å². The molecule has 21 heavy (non-hydrogen) atoms. The summed E-state index contributed by atoms with van der Waals surface area (Å²) < 4.78 is 7.18. The largest absolute Gasteiger partial charge is 0.381 e. The zero-order valence-electron chi connectivity index (χ0n) is 12.9.